The standard InChI is InChI=1S/C25H25ClO3/c1-6-18-15(2)21(23(24(27)28)29-25(3,4)5)22(16-11-13-17(26)14-12-16)20-10-8-7-9-19(18)20/h6-14,23H,1H2,2-5H3,(H,27,28). The van der Waals surface area contributed by atoms with Crippen LogP contribution in [0.4, 0.5) is 0 Å². The zero-order valence-corrected chi connectivity index (χ0v) is 17.9. The molecular weight excluding hydrogens is 384 g/mol. The third kappa shape index (κ3) is 4.21. The van der Waals surface area contributed by atoms with Gasteiger partial charge in [-0.15, -0.1) is 0 Å². The van der Waals surface area contributed by atoms with Gasteiger partial charge in [-0.05, 0) is 72.9 Å². The minimum Gasteiger partial charge on any atom is -0.479 e. The molecule has 0 radical (unpaired) electrons. The first kappa shape index (κ1) is 21.1. The largest absolute Gasteiger partial charge is 0.479 e. The van der Waals surface area contributed by atoms with Gasteiger partial charge < -0.3 is 9.84 Å². The maximum absolute atomic E-state index is 12.3. The van der Waals surface area contributed by atoms with E-state index in [9.17, 15) is 9.90 Å². The van der Waals surface area contributed by atoms with E-state index in [1.165, 1.54) is 0 Å². The van der Waals surface area contributed by atoms with Crippen LogP contribution in [0.3, 0.4) is 0 Å². The molecule has 0 fully saturated rings. The van der Waals surface area contributed by atoms with Crippen LogP contribution in [-0.2, 0) is 9.53 Å². The first-order chi connectivity index (χ1) is 13.6. The fourth-order valence-electron chi connectivity index (χ4n) is 3.72. The van der Waals surface area contributed by atoms with E-state index in [2.05, 4.69) is 6.58 Å². The van der Waals surface area contributed by atoms with Crippen LogP contribution < -0.4 is 0 Å². The highest BCUT2D eigenvalue weighted by atomic mass is 35.5. The summed E-state index contributed by atoms with van der Waals surface area (Å²) in [4.78, 5) is 12.3. The molecule has 0 saturated heterocycles. The fraction of sp³-hybridized carbons (Fsp3) is 0.240. The lowest BCUT2D eigenvalue weighted by Crippen LogP contribution is -2.28. The van der Waals surface area contributed by atoms with Gasteiger partial charge in [0.2, 0.25) is 0 Å². The summed E-state index contributed by atoms with van der Waals surface area (Å²) in [6.07, 6.45) is 0.659. The van der Waals surface area contributed by atoms with Gasteiger partial charge in [0, 0.05) is 10.6 Å². The van der Waals surface area contributed by atoms with Crippen molar-refractivity contribution in [1.29, 1.82) is 0 Å². The number of aliphatic carboxylic acids is 1. The number of rotatable bonds is 5. The number of carbonyl (C=O) groups is 1. The number of carboxylic acid groups (broad SMARTS) is 1. The zero-order valence-electron chi connectivity index (χ0n) is 17.1. The summed E-state index contributed by atoms with van der Waals surface area (Å²) in [6.45, 7) is 11.5. The highest BCUT2D eigenvalue weighted by molar-refractivity contribution is 6.30. The SMILES string of the molecule is C=Cc1c(C)c(C(OC(C)(C)C)C(=O)O)c(-c2ccc(Cl)cc2)c2ccccc12. The van der Waals surface area contributed by atoms with Crippen molar-refractivity contribution < 1.29 is 14.6 Å². The summed E-state index contributed by atoms with van der Waals surface area (Å²) < 4.78 is 6.04. The van der Waals surface area contributed by atoms with E-state index in [-0.39, 0.29) is 0 Å². The molecule has 0 aliphatic rings. The Morgan fingerprint density at radius 2 is 1.69 bits per heavy atom. The minimum atomic E-state index is -1.12. The molecular formula is C25H25ClO3. The van der Waals surface area contributed by atoms with Gasteiger partial charge in [-0.1, -0.05) is 60.7 Å². The van der Waals surface area contributed by atoms with Crippen molar-refractivity contribution in [3.05, 3.63) is 76.8 Å². The maximum Gasteiger partial charge on any atom is 0.337 e. The normalized spacial score (nSPS) is 12.7. The van der Waals surface area contributed by atoms with E-state index in [0.717, 1.165) is 33.0 Å². The summed E-state index contributed by atoms with van der Waals surface area (Å²) in [5, 5.41) is 12.7. The number of fused-ring (bicyclic) bond motifs is 1. The van der Waals surface area contributed by atoms with E-state index in [0.29, 0.717) is 10.6 Å². The average molecular weight is 409 g/mol. The number of hydrogen-bond acceptors (Lipinski definition) is 2. The molecule has 1 unspecified atom stereocenters. The summed E-state index contributed by atoms with van der Waals surface area (Å²) in [7, 11) is 0. The van der Waals surface area contributed by atoms with Crippen LogP contribution in [0.5, 0.6) is 0 Å². The highest BCUT2D eigenvalue weighted by Gasteiger charge is 2.32. The third-order valence-electron chi connectivity index (χ3n) is 4.86. The molecule has 3 rings (SSSR count). The first-order valence-corrected chi connectivity index (χ1v) is 9.86. The number of halogens is 1. The number of benzene rings is 3. The Morgan fingerprint density at radius 3 is 2.21 bits per heavy atom. The zero-order chi connectivity index (χ0) is 21.3. The molecule has 1 N–H and O–H groups in total. The van der Waals surface area contributed by atoms with Gasteiger partial charge in [-0.3, -0.25) is 0 Å². The van der Waals surface area contributed by atoms with Crippen molar-refractivity contribution in [2.75, 3.05) is 0 Å². The number of ether oxygens (including phenoxy) is 1. The van der Waals surface area contributed by atoms with Crippen LogP contribution in [0.2, 0.25) is 5.02 Å². The van der Waals surface area contributed by atoms with Crippen LogP contribution in [0.15, 0.2) is 55.1 Å². The Balaban J connectivity index is 2.48. The van der Waals surface area contributed by atoms with Crippen molar-refractivity contribution in [1.82, 2.24) is 0 Å². The topological polar surface area (TPSA) is 46.5 Å². The molecule has 0 saturated carbocycles. The van der Waals surface area contributed by atoms with Crippen molar-refractivity contribution in [2.45, 2.75) is 39.4 Å². The smallest absolute Gasteiger partial charge is 0.337 e. The van der Waals surface area contributed by atoms with Crippen LogP contribution in [-0.4, -0.2) is 16.7 Å². The molecule has 0 amide bonds. The van der Waals surface area contributed by atoms with Gasteiger partial charge in [-0.2, -0.15) is 0 Å². The maximum atomic E-state index is 12.3. The van der Waals surface area contributed by atoms with Crippen LogP contribution in [0.25, 0.3) is 28.0 Å². The molecule has 3 nitrogen and oxygen atoms in total. The molecule has 0 heterocycles. The van der Waals surface area contributed by atoms with E-state index < -0.39 is 17.7 Å². The Bertz CT molecular complexity index is 1080. The summed E-state index contributed by atoms with van der Waals surface area (Å²) >= 11 is 6.10. The quantitative estimate of drug-likeness (QED) is 0.491. The molecule has 0 aromatic heterocycles. The highest BCUT2D eigenvalue weighted by Crippen LogP contribution is 2.43. The fourth-order valence-corrected chi connectivity index (χ4v) is 3.85. The third-order valence-corrected chi connectivity index (χ3v) is 5.11. The number of carboxylic acids is 1. The summed E-state index contributed by atoms with van der Waals surface area (Å²) in [5.41, 5.74) is 3.51. The van der Waals surface area contributed by atoms with Crippen LogP contribution in [0, 0.1) is 6.92 Å². The molecule has 3 aromatic carbocycles. The predicted octanol–water partition coefficient (Wildman–Crippen LogP) is 7.05. The Kier molecular flexibility index (Phi) is 5.83. The van der Waals surface area contributed by atoms with Gasteiger partial charge in [0.1, 0.15) is 0 Å². The lowest BCUT2D eigenvalue weighted by atomic mass is 9.84. The Morgan fingerprint density at radius 1 is 1.10 bits per heavy atom. The van der Waals surface area contributed by atoms with E-state index >= 15 is 0 Å². The number of hydrogen-bond donors (Lipinski definition) is 1. The molecule has 0 aliphatic heterocycles. The second kappa shape index (κ2) is 8.02. The second-order valence-electron chi connectivity index (χ2n) is 8.03. The molecule has 29 heavy (non-hydrogen) atoms. The second-order valence-corrected chi connectivity index (χ2v) is 8.47. The lowest BCUT2D eigenvalue weighted by Gasteiger charge is -2.29. The predicted molar refractivity (Wildman–Crippen MR) is 120 cm³/mol. The van der Waals surface area contributed by atoms with E-state index in [4.69, 9.17) is 16.3 Å². The van der Waals surface area contributed by atoms with Gasteiger partial charge in [0.25, 0.3) is 0 Å². The van der Waals surface area contributed by atoms with Crippen LogP contribution >= 0.6 is 11.6 Å². The van der Waals surface area contributed by atoms with Crippen molar-refractivity contribution in [3.8, 4) is 11.1 Å². The van der Waals surface area contributed by atoms with Crippen LogP contribution in [0.1, 0.15) is 43.6 Å². The van der Waals surface area contributed by atoms with Gasteiger partial charge in [0.15, 0.2) is 6.10 Å². The van der Waals surface area contributed by atoms with E-state index in [1.54, 1.807) is 6.08 Å². The minimum absolute atomic E-state index is 0.625. The van der Waals surface area contributed by atoms with Gasteiger partial charge in [0.05, 0.1) is 5.60 Å². The summed E-state index contributed by atoms with van der Waals surface area (Å²) in [6, 6.07) is 15.4. The Hall–Kier alpha value is -2.62. The molecule has 3 aromatic rings. The van der Waals surface area contributed by atoms with Crippen molar-refractivity contribution in [3.63, 3.8) is 0 Å². The molecule has 0 aliphatic carbocycles. The van der Waals surface area contributed by atoms with E-state index in [1.807, 2.05) is 76.2 Å². The lowest BCUT2D eigenvalue weighted by molar-refractivity contribution is -0.160. The molecule has 0 spiro atoms. The van der Waals surface area contributed by atoms with Gasteiger partial charge >= 0.3 is 5.97 Å². The Labute approximate surface area is 176 Å². The molecule has 1 atom stereocenters. The van der Waals surface area contributed by atoms with Crippen molar-refractivity contribution in [2.24, 2.45) is 0 Å². The molecule has 4 heteroatoms. The summed E-state index contributed by atoms with van der Waals surface area (Å²) in [5.74, 6) is -1.02. The van der Waals surface area contributed by atoms with Gasteiger partial charge in [-0.25, -0.2) is 4.79 Å². The molecule has 0 bridgehead atoms. The first-order valence-electron chi connectivity index (χ1n) is 9.48. The molecule has 150 valence electrons. The average Bonchev–Trinajstić information content (AvgIpc) is 2.65. The monoisotopic (exact) mass is 408 g/mol. The van der Waals surface area contributed by atoms with Crippen molar-refractivity contribution >= 4 is 34.4 Å².